The van der Waals surface area contributed by atoms with Gasteiger partial charge in [-0.2, -0.15) is 5.10 Å². The lowest BCUT2D eigenvalue weighted by atomic mass is 10.2. The number of ether oxygens (including phenoxy) is 1. The van der Waals surface area contributed by atoms with Crippen molar-refractivity contribution in [2.45, 2.75) is 18.7 Å². The molecule has 4 aromatic rings. The van der Waals surface area contributed by atoms with Gasteiger partial charge >= 0.3 is 0 Å². The van der Waals surface area contributed by atoms with Crippen LogP contribution in [0.25, 0.3) is 5.69 Å². The Bertz CT molecular complexity index is 1260. The Morgan fingerprint density at radius 1 is 1.06 bits per heavy atom. The van der Waals surface area contributed by atoms with E-state index < -0.39 is 0 Å². The first-order valence-corrected chi connectivity index (χ1v) is 12.3. The molecule has 0 fully saturated rings. The summed E-state index contributed by atoms with van der Waals surface area (Å²) in [7, 11) is 0. The van der Waals surface area contributed by atoms with Crippen LogP contribution < -0.4 is 10.2 Å². The Kier molecular flexibility index (Phi) is 8.11. The van der Waals surface area contributed by atoms with Crippen molar-refractivity contribution < 1.29 is 9.53 Å². The molecule has 1 heterocycles. The molecule has 0 aliphatic heterocycles. The number of carbonyl (C=O) groups is 1. The third-order valence-corrected chi connectivity index (χ3v) is 6.17. The van der Waals surface area contributed by atoms with Crippen molar-refractivity contribution in [3.8, 4) is 11.4 Å². The van der Waals surface area contributed by atoms with Gasteiger partial charge in [0.1, 0.15) is 12.4 Å². The average Bonchev–Trinajstić information content (AvgIpc) is 3.27. The van der Waals surface area contributed by atoms with Crippen molar-refractivity contribution in [2.24, 2.45) is 5.10 Å². The molecular formula is C25H22BrN5O2S. The van der Waals surface area contributed by atoms with Crippen molar-refractivity contribution in [1.82, 2.24) is 20.2 Å². The summed E-state index contributed by atoms with van der Waals surface area (Å²) in [5.74, 6) is 1.30. The van der Waals surface area contributed by atoms with Crippen LogP contribution in [-0.4, -0.2) is 32.6 Å². The number of hydrazone groups is 1. The summed E-state index contributed by atoms with van der Waals surface area (Å²) in [6, 6.07) is 25.2. The summed E-state index contributed by atoms with van der Waals surface area (Å²) >= 11 is 4.67. The van der Waals surface area contributed by atoms with Gasteiger partial charge in [-0.15, -0.1) is 10.2 Å². The number of hydrogen-bond donors (Lipinski definition) is 1. The van der Waals surface area contributed by atoms with Crippen LogP contribution in [0, 0.1) is 6.92 Å². The zero-order valence-electron chi connectivity index (χ0n) is 18.4. The zero-order chi connectivity index (χ0) is 23.8. The Hall–Kier alpha value is -3.43. The second-order valence-corrected chi connectivity index (χ2v) is 9.16. The summed E-state index contributed by atoms with van der Waals surface area (Å²) in [5, 5.41) is 13.2. The smallest absolute Gasteiger partial charge is 0.250 e. The van der Waals surface area contributed by atoms with E-state index >= 15 is 0 Å². The van der Waals surface area contributed by atoms with Crippen LogP contribution in [0.1, 0.15) is 17.0 Å². The highest BCUT2D eigenvalue weighted by atomic mass is 79.9. The fourth-order valence-corrected chi connectivity index (χ4v) is 4.02. The maximum atomic E-state index is 12.3. The maximum Gasteiger partial charge on any atom is 0.250 e. The van der Waals surface area contributed by atoms with Crippen molar-refractivity contribution >= 4 is 39.8 Å². The molecule has 0 bridgehead atoms. The second-order valence-electron chi connectivity index (χ2n) is 7.30. The zero-order valence-corrected chi connectivity index (χ0v) is 20.8. The third-order valence-electron chi connectivity index (χ3n) is 4.71. The number of benzene rings is 3. The van der Waals surface area contributed by atoms with Crippen LogP contribution >= 0.6 is 27.7 Å². The number of nitrogens with one attached hydrogen (secondary N) is 1. The van der Waals surface area contributed by atoms with E-state index in [4.69, 9.17) is 4.74 Å². The average molecular weight is 536 g/mol. The molecule has 9 heteroatoms. The molecule has 0 unspecified atom stereocenters. The standard InChI is InChI=1S/C25H22BrN5O2S/c1-18-7-13-22(14-8-18)33-16-23-28-30-25(31(23)21-5-3-2-4-6-21)34-17-24(32)29-27-15-19-9-11-20(26)12-10-19/h2-15H,16-17H2,1H3,(H,29,32)/b27-15-. The molecule has 0 saturated heterocycles. The highest BCUT2D eigenvalue weighted by molar-refractivity contribution is 9.10. The molecule has 34 heavy (non-hydrogen) atoms. The predicted octanol–water partition coefficient (Wildman–Crippen LogP) is 5.16. The van der Waals surface area contributed by atoms with Crippen LogP contribution in [0.3, 0.4) is 0 Å². The number of rotatable bonds is 9. The van der Waals surface area contributed by atoms with Gasteiger partial charge in [-0.1, -0.05) is 75.7 Å². The number of nitrogens with zero attached hydrogens (tertiary/aromatic N) is 4. The third kappa shape index (κ3) is 6.55. The number of carbonyl (C=O) groups excluding carboxylic acids is 1. The first-order valence-electron chi connectivity index (χ1n) is 10.5. The van der Waals surface area contributed by atoms with Crippen molar-refractivity contribution in [2.75, 3.05) is 5.75 Å². The topological polar surface area (TPSA) is 81.4 Å². The molecule has 0 aliphatic carbocycles. The molecular weight excluding hydrogens is 514 g/mol. The summed E-state index contributed by atoms with van der Waals surface area (Å²) in [5.41, 5.74) is 5.50. The van der Waals surface area contributed by atoms with E-state index in [9.17, 15) is 4.79 Å². The van der Waals surface area contributed by atoms with Crippen molar-refractivity contribution in [1.29, 1.82) is 0 Å². The molecule has 1 N–H and O–H groups in total. The number of amides is 1. The van der Waals surface area contributed by atoms with Crippen molar-refractivity contribution in [3.63, 3.8) is 0 Å². The normalized spacial score (nSPS) is 11.0. The van der Waals surface area contributed by atoms with Crippen LogP contribution in [0.4, 0.5) is 0 Å². The van der Waals surface area contributed by atoms with E-state index in [1.807, 2.05) is 90.4 Å². The van der Waals surface area contributed by atoms with Gasteiger partial charge in [0.05, 0.1) is 12.0 Å². The van der Waals surface area contributed by atoms with Gasteiger partial charge in [0.25, 0.3) is 5.91 Å². The van der Waals surface area contributed by atoms with E-state index in [2.05, 4.69) is 36.7 Å². The highest BCUT2D eigenvalue weighted by Gasteiger charge is 2.16. The molecule has 1 aromatic heterocycles. The lowest BCUT2D eigenvalue weighted by Crippen LogP contribution is -2.20. The van der Waals surface area contributed by atoms with Gasteiger partial charge in [0.2, 0.25) is 0 Å². The minimum Gasteiger partial charge on any atom is -0.486 e. The Morgan fingerprint density at radius 3 is 2.53 bits per heavy atom. The second kappa shape index (κ2) is 11.6. The fourth-order valence-electron chi connectivity index (χ4n) is 3.00. The fraction of sp³-hybridized carbons (Fsp3) is 0.120. The first kappa shape index (κ1) is 23.7. The van der Waals surface area contributed by atoms with Crippen LogP contribution in [0.2, 0.25) is 0 Å². The summed E-state index contributed by atoms with van der Waals surface area (Å²) in [4.78, 5) is 12.3. The van der Waals surface area contributed by atoms with Gasteiger partial charge in [-0.05, 0) is 48.9 Å². The largest absolute Gasteiger partial charge is 0.486 e. The molecule has 0 atom stereocenters. The summed E-state index contributed by atoms with van der Waals surface area (Å²) in [6.45, 7) is 2.27. The molecule has 1 amide bonds. The lowest BCUT2D eigenvalue weighted by molar-refractivity contribution is -0.118. The predicted molar refractivity (Wildman–Crippen MR) is 137 cm³/mol. The van der Waals surface area contributed by atoms with Gasteiger partial charge < -0.3 is 4.74 Å². The number of halogens is 1. The van der Waals surface area contributed by atoms with Gasteiger partial charge in [0, 0.05) is 10.2 Å². The molecule has 3 aromatic carbocycles. The Labute approximate surface area is 210 Å². The van der Waals surface area contributed by atoms with E-state index in [-0.39, 0.29) is 18.3 Å². The van der Waals surface area contributed by atoms with Crippen LogP contribution in [0.15, 0.2) is 93.6 Å². The molecule has 0 saturated carbocycles. The molecule has 172 valence electrons. The highest BCUT2D eigenvalue weighted by Crippen LogP contribution is 2.23. The number of aromatic nitrogens is 3. The molecule has 0 radical (unpaired) electrons. The number of para-hydroxylation sites is 1. The first-order chi connectivity index (χ1) is 16.6. The minimum absolute atomic E-state index is 0.140. The summed E-state index contributed by atoms with van der Waals surface area (Å²) in [6.07, 6.45) is 1.60. The quantitative estimate of drug-likeness (QED) is 0.182. The number of thioether (sulfide) groups is 1. The molecule has 7 nitrogen and oxygen atoms in total. The van der Waals surface area contributed by atoms with E-state index in [0.29, 0.717) is 11.0 Å². The monoisotopic (exact) mass is 535 g/mol. The summed E-state index contributed by atoms with van der Waals surface area (Å²) < 4.78 is 8.80. The molecule has 0 spiro atoms. The van der Waals surface area contributed by atoms with E-state index in [0.717, 1.165) is 27.0 Å². The SMILES string of the molecule is Cc1ccc(OCc2nnc(SCC(=O)N/N=C\c3ccc(Br)cc3)n2-c2ccccc2)cc1. The number of aryl methyl sites for hydroxylation is 1. The van der Waals surface area contributed by atoms with Crippen LogP contribution in [0.5, 0.6) is 5.75 Å². The Morgan fingerprint density at radius 2 is 1.79 bits per heavy atom. The van der Waals surface area contributed by atoms with Gasteiger partial charge in [-0.3, -0.25) is 9.36 Å². The van der Waals surface area contributed by atoms with Gasteiger partial charge in [0.15, 0.2) is 11.0 Å². The van der Waals surface area contributed by atoms with E-state index in [1.165, 1.54) is 11.8 Å². The van der Waals surface area contributed by atoms with E-state index in [1.54, 1.807) is 6.21 Å². The lowest BCUT2D eigenvalue weighted by Gasteiger charge is -2.11. The van der Waals surface area contributed by atoms with Crippen molar-refractivity contribution in [3.05, 3.63) is 100 Å². The van der Waals surface area contributed by atoms with Gasteiger partial charge in [-0.25, -0.2) is 5.43 Å². The minimum atomic E-state index is -0.238. The maximum absolute atomic E-state index is 12.3. The van der Waals surface area contributed by atoms with Crippen LogP contribution in [-0.2, 0) is 11.4 Å². The number of hydrogen-bond acceptors (Lipinski definition) is 6. The molecule has 4 rings (SSSR count). The molecule has 0 aliphatic rings. The Balaban J connectivity index is 1.42.